The van der Waals surface area contributed by atoms with Gasteiger partial charge in [-0.05, 0) is 26.0 Å². The van der Waals surface area contributed by atoms with E-state index >= 15 is 0 Å². The first-order chi connectivity index (χ1) is 11.2. The molecule has 0 aliphatic rings. The van der Waals surface area contributed by atoms with Gasteiger partial charge in [-0.2, -0.15) is 9.61 Å². The monoisotopic (exact) mass is 308 g/mol. The number of rotatable bonds is 4. The van der Waals surface area contributed by atoms with Crippen LogP contribution in [-0.4, -0.2) is 24.1 Å². The number of imidazole rings is 1. The molecule has 7 heteroatoms. The summed E-state index contributed by atoms with van der Waals surface area (Å²) in [4.78, 5) is 8.85. The third-order valence-electron chi connectivity index (χ3n) is 3.65. The highest BCUT2D eigenvalue weighted by Gasteiger charge is 2.10. The van der Waals surface area contributed by atoms with Gasteiger partial charge in [0.1, 0.15) is 29.0 Å². The number of nitrogens with one attached hydrogen (secondary N) is 1. The van der Waals surface area contributed by atoms with Crippen LogP contribution in [0.5, 0.6) is 0 Å². The van der Waals surface area contributed by atoms with Gasteiger partial charge in [0, 0.05) is 24.5 Å². The van der Waals surface area contributed by atoms with Crippen LogP contribution in [0.4, 0.5) is 5.82 Å². The van der Waals surface area contributed by atoms with Crippen molar-refractivity contribution < 1.29 is 4.42 Å². The lowest BCUT2D eigenvalue weighted by atomic mass is 10.4. The molecule has 4 aromatic rings. The molecule has 0 bridgehead atoms. The molecule has 0 aliphatic carbocycles. The maximum atomic E-state index is 5.58. The molecule has 0 aliphatic heterocycles. The Morgan fingerprint density at radius 1 is 1.17 bits per heavy atom. The highest BCUT2D eigenvalue weighted by molar-refractivity contribution is 5.52. The van der Waals surface area contributed by atoms with Crippen molar-refractivity contribution in [1.82, 2.24) is 24.1 Å². The second-order valence-electron chi connectivity index (χ2n) is 5.31. The minimum atomic E-state index is 0.577. The van der Waals surface area contributed by atoms with Gasteiger partial charge in [0.25, 0.3) is 0 Å². The molecule has 7 nitrogen and oxygen atoms in total. The van der Waals surface area contributed by atoms with E-state index in [1.807, 2.05) is 48.9 Å². The average molecular weight is 308 g/mol. The Morgan fingerprint density at radius 3 is 2.83 bits per heavy atom. The number of aryl methyl sites for hydroxylation is 2. The van der Waals surface area contributed by atoms with E-state index in [4.69, 9.17) is 4.42 Å². The third-order valence-corrected chi connectivity index (χ3v) is 3.65. The first-order valence-electron chi connectivity index (χ1n) is 7.35. The largest absolute Gasteiger partial charge is 0.465 e. The molecule has 0 amide bonds. The fraction of sp³-hybridized carbons (Fsp3) is 0.188. The molecule has 0 saturated heterocycles. The molecule has 0 fully saturated rings. The van der Waals surface area contributed by atoms with Gasteiger partial charge in [-0.15, -0.1) is 0 Å². The fourth-order valence-corrected chi connectivity index (χ4v) is 2.54. The van der Waals surface area contributed by atoms with Gasteiger partial charge in [-0.3, -0.25) is 4.57 Å². The first-order valence-corrected chi connectivity index (χ1v) is 7.35. The number of aromatic nitrogens is 5. The standard InChI is InChI=1S/C16H16N6O/c1-11-3-4-13(23-11)10-18-14-9-16(21-8-7-17-12(21)2)22-15(20-14)5-6-19-22/h3-9H,10H2,1-2H3,(H,18,20). The zero-order chi connectivity index (χ0) is 15.8. The number of nitrogens with zero attached hydrogens (tertiary/aromatic N) is 5. The summed E-state index contributed by atoms with van der Waals surface area (Å²) in [7, 11) is 0. The summed E-state index contributed by atoms with van der Waals surface area (Å²) in [5.74, 6) is 4.30. The number of fused-ring (bicyclic) bond motifs is 1. The van der Waals surface area contributed by atoms with E-state index < -0.39 is 0 Å². The van der Waals surface area contributed by atoms with Gasteiger partial charge in [-0.25, -0.2) is 9.97 Å². The highest BCUT2D eigenvalue weighted by atomic mass is 16.3. The van der Waals surface area contributed by atoms with Crippen molar-refractivity contribution in [2.75, 3.05) is 5.32 Å². The molecule has 0 radical (unpaired) electrons. The van der Waals surface area contributed by atoms with Crippen LogP contribution >= 0.6 is 0 Å². The van der Waals surface area contributed by atoms with Gasteiger partial charge in [0.05, 0.1) is 12.7 Å². The molecule has 4 rings (SSSR count). The van der Waals surface area contributed by atoms with Crippen molar-refractivity contribution in [3.63, 3.8) is 0 Å². The summed E-state index contributed by atoms with van der Waals surface area (Å²) in [5.41, 5.74) is 0.772. The van der Waals surface area contributed by atoms with Crippen molar-refractivity contribution in [2.45, 2.75) is 20.4 Å². The van der Waals surface area contributed by atoms with Gasteiger partial charge < -0.3 is 9.73 Å². The Hall–Kier alpha value is -3.09. The lowest BCUT2D eigenvalue weighted by Crippen LogP contribution is -2.08. The van der Waals surface area contributed by atoms with E-state index in [2.05, 4.69) is 20.4 Å². The molecule has 116 valence electrons. The molecule has 0 unspecified atom stereocenters. The lowest BCUT2D eigenvalue weighted by Gasteiger charge is -2.11. The first kappa shape index (κ1) is 13.6. The second kappa shape index (κ2) is 5.28. The summed E-state index contributed by atoms with van der Waals surface area (Å²) in [6.45, 7) is 4.46. The average Bonchev–Trinajstić information content (AvgIpc) is 3.25. The van der Waals surface area contributed by atoms with Crippen LogP contribution in [0.1, 0.15) is 17.3 Å². The van der Waals surface area contributed by atoms with Gasteiger partial charge in [-0.1, -0.05) is 0 Å². The van der Waals surface area contributed by atoms with E-state index in [0.717, 1.165) is 34.6 Å². The molecule has 4 aromatic heterocycles. The molecule has 0 aromatic carbocycles. The maximum absolute atomic E-state index is 5.58. The van der Waals surface area contributed by atoms with E-state index in [1.54, 1.807) is 16.9 Å². The van der Waals surface area contributed by atoms with E-state index in [1.165, 1.54) is 0 Å². The van der Waals surface area contributed by atoms with Crippen LogP contribution in [0, 0.1) is 13.8 Å². The molecule has 0 saturated carbocycles. The van der Waals surface area contributed by atoms with Crippen LogP contribution in [0.15, 0.2) is 47.3 Å². The Balaban J connectivity index is 1.72. The number of anilines is 1. The molecule has 1 N–H and O–H groups in total. The van der Waals surface area contributed by atoms with Gasteiger partial charge >= 0.3 is 0 Å². The quantitative estimate of drug-likeness (QED) is 0.627. The van der Waals surface area contributed by atoms with Crippen molar-refractivity contribution in [1.29, 1.82) is 0 Å². The number of hydrogen-bond acceptors (Lipinski definition) is 5. The van der Waals surface area contributed by atoms with Crippen molar-refractivity contribution in [3.8, 4) is 5.82 Å². The predicted molar refractivity (Wildman–Crippen MR) is 85.6 cm³/mol. The van der Waals surface area contributed by atoms with Gasteiger partial charge in [0.15, 0.2) is 5.65 Å². The van der Waals surface area contributed by atoms with Crippen molar-refractivity contribution >= 4 is 11.5 Å². The Kier molecular flexibility index (Phi) is 3.11. The van der Waals surface area contributed by atoms with E-state index in [9.17, 15) is 0 Å². The van der Waals surface area contributed by atoms with Crippen LogP contribution in [0.25, 0.3) is 11.5 Å². The summed E-state index contributed by atoms with van der Waals surface area (Å²) < 4.78 is 9.34. The molecule has 4 heterocycles. The highest BCUT2D eigenvalue weighted by Crippen LogP contribution is 2.17. The summed E-state index contributed by atoms with van der Waals surface area (Å²) in [6.07, 6.45) is 5.41. The minimum Gasteiger partial charge on any atom is -0.465 e. The van der Waals surface area contributed by atoms with Gasteiger partial charge in [0.2, 0.25) is 0 Å². The molecular weight excluding hydrogens is 292 g/mol. The number of hydrogen-bond donors (Lipinski definition) is 1. The normalized spacial score (nSPS) is 11.2. The van der Waals surface area contributed by atoms with Crippen LogP contribution in [-0.2, 0) is 6.54 Å². The Bertz CT molecular complexity index is 964. The topological polar surface area (TPSA) is 73.2 Å². The molecule has 0 spiro atoms. The Labute approximate surface area is 132 Å². The third kappa shape index (κ3) is 2.46. The molecule has 0 atom stereocenters. The summed E-state index contributed by atoms with van der Waals surface area (Å²) in [5, 5.41) is 7.64. The van der Waals surface area contributed by atoms with Crippen molar-refractivity contribution in [3.05, 3.63) is 60.2 Å². The summed E-state index contributed by atoms with van der Waals surface area (Å²) >= 11 is 0. The molecular formula is C16H16N6O. The molecule has 23 heavy (non-hydrogen) atoms. The maximum Gasteiger partial charge on any atom is 0.159 e. The number of furan rings is 1. The van der Waals surface area contributed by atoms with E-state index in [0.29, 0.717) is 6.54 Å². The zero-order valence-electron chi connectivity index (χ0n) is 12.9. The smallest absolute Gasteiger partial charge is 0.159 e. The van der Waals surface area contributed by atoms with Crippen LogP contribution in [0.3, 0.4) is 0 Å². The second-order valence-corrected chi connectivity index (χ2v) is 5.31. The lowest BCUT2D eigenvalue weighted by molar-refractivity contribution is 0.490. The SMILES string of the molecule is Cc1ccc(CNc2cc(-n3ccnc3C)n3nccc3n2)o1. The predicted octanol–water partition coefficient (Wildman–Crippen LogP) is 2.74. The minimum absolute atomic E-state index is 0.577. The van der Waals surface area contributed by atoms with Crippen molar-refractivity contribution in [2.24, 2.45) is 0 Å². The van der Waals surface area contributed by atoms with E-state index in [-0.39, 0.29) is 0 Å². The zero-order valence-corrected chi connectivity index (χ0v) is 12.9. The summed E-state index contributed by atoms with van der Waals surface area (Å²) in [6, 6.07) is 7.73. The Morgan fingerprint density at radius 2 is 2.09 bits per heavy atom. The van der Waals surface area contributed by atoms with Crippen LogP contribution < -0.4 is 5.32 Å². The fourth-order valence-electron chi connectivity index (χ4n) is 2.54. The van der Waals surface area contributed by atoms with Crippen LogP contribution in [0.2, 0.25) is 0 Å².